The van der Waals surface area contributed by atoms with Gasteiger partial charge >= 0.3 is 0 Å². The van der Waals surface area contributed by atoms with E-state index in [4.69, 9.17) is 4.42 Å². The lowest BCUT2D eigenvalue weighted by Crippen LogP contribution is -2.09. The van der Waals surface area contributed by atoms with Crippen molar-refractivity contribution in [3.63, 3.8) is 0 Å². The van der Waals surface area contributed by atoms with Crippen molar-refractivity contribution in [3.05, 3.63) is 194 Å². The molecule has 0 fully saturated rings. The maximum Gasteiger partial charge on any atom is 0.153 e. The predicted molar refractivity (Wildman–Crippen MR) is 218 cm³/mol. The Labute approximate surface area is 301 Å². The molecule has 2 heterocycles. The molecular weight excluding hydrogens is 633 g/mol. The number of benzene rings is 8. The number of rotatable bonds is 6. The van der Waals surface area contributed by atoms with Crippen molar-refractivity contribution in [2.45, 2.75) is 0 Å². The number of anilines is 3. The van der Waals surface area contributed by atoms with Crippen LogP contribution < -0.4 is 4.90 Å². The maximum atomic E-state index is 6.32. The lowest BCUT2D eigenvalue weighted by Gasteiger charge is -2.26. The van der Waals surface area contributed by atoms with Crippen LogP contribution >= 0.6 is 0 Å². The van der Waals surface area contributed by atoms with Gasteiger partial charge in [0.2, 0.25) is 0 Å². The van der Waals surface area contributed by atoms with E-state index in [1.165, 1.54) is 44.2 Å². The van der Waals surface area contributed by atoms with Crippen molar-refractivity contribution in [3.8, 4) is 33.4 Å². The van der Waals surface area contributed by atoms with Gasteiger partial charge < -0.3 is 9.32 Å². The number of furan rings is 1. The summed E-state index contributed by atoms with van der Waals surface area (Å²) < 4.78 is 6.32. The van der Waals surface area contributed by atoms with E-state index < -0.39 is 0 Å². The van der Waals surface area contributed by atoms with E-state index >= 15 is 0 Å². The standard InChI is InChI=1S/C49H32N2O/c1-2-8-33(9-3-1)35-19-24-40(25-20-35)51(42-28-30-45-39(32-42)23-29-46-48-47(52-49(45)46)14-7-31-50-48)41-26-21-36(22-27-41)34-15-17-38(18-16-34)44-13-6-11-37-10-4-5-12-43(37)44/h1-32H. The Morgan fingerprint density at radius 3 is 1.73 bits per heavy atom. The Hall–Kier alpha value is -6.97. The normalized spacial score (nSPS) is 11.5. The van der Waals surface area contributed by atoms with Crippen molar-refractivity contribution >= 4 is 60.7 Å². The average Bonchev–Trinajstić information content (AvgIpc) is 3.61. The van der Waals surface area contributed by atoms with Gasteiger partial charge in [0.05, 0.1) is 0 Å². The SMILES string of the molecule is c1ccc(-c2ccc(N(c3ccc(-c4ccc(-c5cccc6ccccc56)cc4)cc3)c3ccc4c(ccc5c6ncccc6oc45)c3)cc2)cc1. The number of aromatic nitrogens is 1. The second kappa shape index (κ2) is 12.4. The van der Waals surface area contributed by atoms with Gasteiger partial charge in [0.25, 0.3) is 0 Å². The third kappa shape index (κ3) is 5.19. The molecule has 52 heavy (non-hydrogen) atoms. The highest BCUT2D eigenvalue weighted by atomic mass is 16.3. The quantitative estimate of drug-likeness (QED) is 0.177. The van der Waals surface area contributed by atoms with Gasteiger partial charge in [0.15, 0.2) is 5.58 Å². The number of hydrogen-bond donors (Lipinski definition) is 0. The molecule has 3 heteroatoms. The molecule has 10 aromatic rings. The zero-order valence-electron chi connectivity index (χ0n) is 28.3. The van der Waals surface area contributed by atoms with E-state index in [0.29, 0.717) is 0 Å². The molecule has 0 aliphatic carbocycles. The minimum absolute atomic E-state index is 0.803. The van der Waals surface area contributed by atoms with E-state index in [2.05, 4.69) is 186 Å². The Kier molecular flexibility index (Phi) is 7.14. The van der Waals surface area contributed by atoms with Crippen LogP contribution in [0.4, 0.5) is 17.1 Å². The van der Waals surface area contributed by atoms with Crippen LogP contribution in [0.2, 0.25) is 0 Å². The molecule has 2 aromatic heterocycles. The minimum atomic E-state index is 0.803. The molecule has 0 N–H and O–H groups in total. The lowest BCUT2D eigenvalue weighted by molar-refractivity contribution is 0.672. The molecule has 0 saturated heterocycles. The fourth-order valence-electron chi connectivity index (χ4n) is 7.51. The molecule has 0 amide bonds. The summed E-state index contributed by atoms with van der Waals surface area (Å²) in [5.41, 5.74) is 13.0. The van der Waals surface area contributed by atoms with Gasteiger partial charge in [-0.3, -0.25) is 4.98 Å². The van der Waals surface area contributed by atoms with Crippen LogP contribution in [0.15, 0.2) is 199 Å². The van der Waals surface area contributed by atoms with Gasteiger partial charge in [-0.15, -0.1) is 0 Å². The monoisotopic (exact) mass is 664 g/mol. The molecule has 0 saturated carbocycles. The van der Waals surface area contributed by atoms with Gasteiger partial charge in [-0.2, -0.15) is 0 Å². The molecule has 0 spiro atoms. The third-order valence-corrected chi connectivity index (χ3v) is 10.1. The van der Waals surface area contributed by atoms with Crippen molar-refractivity contribution in [2.24, 2.45) is 0 Å². The average molecular weight is 665 g/mol. The van der Waals surface area contributed by atoms with Crippen molar-refractivity contribution in [1.82, 2.24) is 4.98 Å². The Bertz CT molecular complexity index is 2870. The van der Waals surface area contributed by atoms with Crippen LogP contribution in [0.3, 0.4) is 0 Å². The summed E-state index contributed by atoms with van der Waals surface area (Å²) in [6.45, 7) is 0. The molecule has 8 aromatic carbocycles. The van der Waals surface area contributed by atoms with E-state index in [1.54, 1.807) is 0 Å². The predicted octanol–water partition coefficient (Wildman–Crippen LogP) is 13.8. The molecule has 244 valence electrons. The smallest absolute Gasteiger partial charge is 0.153 e. The summed E-state index contributed by atoms with van der Waals surface area (Å²) in [6, 6.07) is 67.0. The third-order valence-electron chi connectivity index (χ3n) is 10.1. The van der Waals surface area contributed by atoms with Crippen molar-refractivity contribution < 1.29 is 4.42 Å². The van der Waals surface area contributed by atoms with Crippen LogP contribution in [0.25, 0.3) is 77.0 Å². The topological polar surface area (TPSA) is 29.3 Å². The minimum Gasteiger partial charge on any atom is -0.454 e. The first kappa shape index (κ1) is 29.9. The Morgan fingerprint density at radius 1 is 0.385 bits per heavy atom. The molecule has 10 rings (SSSR count). The van der Waals surface area contributed by atoms with Crippen LogP contribution in [0.5, 0.6) is 0 Å². The summed E-state index contributed by atoms with van der Waals surface area (Å²) >= 11 is 0. The fourth-order valence-corrected chi connectivity index (χ4v) is 7.51. The molecule has 0 radical (unpaired) electrons. The summed E-state index contributed by atoms with van der Waals surface area (Å²) in [4.78, 5) is 6.91. The van der Waals surface area contributed by atoms with Crippen LogP contribution in [-0.4, -0.2) is 4.98 Å². The maximum absolute atomic E-state index is 6.32. The summed E-state index contributed by atoms with van der Waals surface area (Å²) in [6.07, 6.45) is 1.82. The van der Waals surface area contributed by atoms with Gasteiger partial charge in [-0.25, -0.2) is 0 Å². The number of hydrogen-bond acceptors (Lipinski definition) is 3. The molecule has 0 atom stereocenters. The van der Waals surface area contributed by atoms with Crippen molar-refractivity contribution in [2.75, 3.05) is 4.90 Å². The first-order valence-electron chi connectivity index (χ1n) is 17.6. The fraction of sp³-hybridized carbons (Fsp3) is 0. The molecule has 0 bridgehead atoms. The van der Waals surface area contributed by atoms with Crippen LogP contribution in [-0.2, 0) is 0 Å². The Morgan fingerprint density at radius 2 is 0.981 bits per heavy atom. The highest BCUT2D eigenvalue weighted by Crippen LogP contribution is 2.40. The number of nitrogens with zero attached hydrogens (tertiary/aromatic N) is 2. The second-order valence-electron chi connectivity index (χ2n) is 13.2. The highest BCUT2D eigenvalue weighted by molar-refractivity contribution is 6.14. The van der Waals surface area contributed by atoms with E-state index in [-0.39, 0.29) is 0 Å². The first-order chi connectivity index (χ1) is 25.8. The highest BCUT2D eigenvalue weighted by Gasteiger charge is 2.17. The number of fused-ring (bicyclic) bond motifs is 6. The lowest BCUT2D eigenvalue weighted by atomic mass is 9.96. The molecule has 0 aliphatic rings. The van der Waals surface area contributed by atoms with E-state index in [9.17, 15) is 0 Å². The van der Waals surface area contributed by atoms with Crippen molar-refractivity contribution in [1.29, 1.82) is 0 Å². The molecule has 0 aliphatic heterocycles. The molecule has 3 nitrogen and oxygen atoms in total. The summed E-state index contributed by atoms with van der Waals surface area (Å²) in [5, 5.41) is 5.74. The van der Waals surface area contributed by atoms with Gasteiger partial charge in [-0.1, -0.05) is 127 Å². The Balaban J connectivity index is 1.03. The summed E-state index contributed by atoms with van der Waals surface area (Å²) in [7, 11) is 0. The van der Waals surface area contributed by atoms with Crippen LogP contribution in [0, 0.1) is 0 Å². The molecule has 0 unspecified atom stereocenters. The zero-order valence-corrected chi connectivity index (χ0v) is 28.3. The van der Waals surface area contributed by atoms with E-state index in [0.717, 1.165) is 49.9 Å². The molecular formula is C49H32N2O. The largest absolute Gasteiger partial charge is 0.454 e. The zero-order chi connectivity index (χ0) is 34.4. The van der Waals surface area contributed by atoms with E-state index in [1.807, 2.05) is 18.3 Å². The van der Waals surface area contributed by atoms with Gasteiger partial charge in [-0.05, 0) is 110 Å². The first-order valence-corrected chi connectivity index (χ1v) is 17.6. The van der Waals surface area contributed by atoms with Gasteiger partial charge in [0.1, 0.15) is 11.1 Å². The second-order valence-corrected chi connectivity index (χ2v) is 13.2. The van der Waals surface area contributed by atoms with Gasteiger partial charge in [0, 0.05) is 34.0 Å². The number of pyridine rings is 1. The summed E-state index contributed by atoms with van der Waals surface area (Å²) in [5.74, 6) is 0. The van der Waals surface area contributed by atoms with Crippen LogP contribution in [0.1, 0.15) is 0 Å².